The molecule has 0 aliphatic heterocycles. The summed E-state index contributed by atoms with van der Waals surface area (Å²) in [5.41, 5.74) is 1.59. The molecule has 0 fully saturated rings. The number of nitrogens with zero attached hydrogens (tertiary/aromatic N) is 2. The van der Waals surface area contributed by atoms with Crippen LogP contribution in [0.15, 0.2) is 51.5 Å². The summed E-state index contributed by atoms with van der Waals surface area (Å²) in [5.74, 6) is -0.0981. The van der Waals surface area contributed by atoms with Gasteiger partial charge in [-0.3, -0.25) is 0 Å². The monoisotopic (exact) mass is 387 g/mol. The maximum Gasteiger partial charge on any atom is 0.351 e. The molecule has 1 aromatic heterocycles. The Balaban J connectivity index is 2.00. The second-order valence-electron chi connectivity index (χ2n) is 5.25. The Morgan fingerprint density at radius 1 is 1.33 bits per heavy atom. The number of aromatic nitrogens is 1. The van der Waals surface area contributed by atoms with Crippen molar-refractivity contribution >= 4 is 17.7 Å². The molecule has 7 nitrogen and oxygen atoms in total. The second kappa shape index (κ2) is 11.1. The van der Waals surface area contributed by atoms with E-state index in [1.807, 2.05) is 49.4 Å². The van der Waals surface area contributed by atoms with E-state index in [0.29, 0.717) is 24.0 Å². The lowest BCUT2D eigenvalue weighted by Gasteiger charge is -2.10. The summed E-state index contributed by atoms with van der Waals surface area (Å²) in [6.07, 6.45) is 1.77. The average molecular weight is 387 g/mol. The van der Waals surface area contributed by atoms with Crippen molar-refractivity contribution in [3.63, 3.8) is 0 Å². The zero-order valence-corrected chi connectivity index (χ0v) is 16.0. The minimum absolute atomic E-state index is 0.0817. The molecular weight excluding hydrogens is 366 g/mol. The fraction of sp³-hybridized carbons (Fsp3) is 0.316. The fourth-order valence-corrected chi connectivity index (χ4v) is 2.72. The minimum atomic E-state index is -0.684. The third-order valence-electron chi connectivity index (χ3n) is 3.46. The number of carbonyl (C=O) groups is 1. The largest absolute Gasteiger partial charge is 0.459 e. The van der Waals surface area contributed by atoms with Crippen LogP contribution in [0.25, 0.3) is 11.3 Å². The predicted molar refractivity (Wildman–Crippen MR) is 102 cm³/mol. The van der Waals surface area contributed by atoms with Crippen molar-refractivity contribution in [1.29, 1.82) is 5.26 Å². The third kappa shape index (κ3) is 6.16. The van der Waals surface area contributed by atoms with Crippen LogP contribution in [0.5, 0.6) is 0 Å². The van der Waals surface area contributed by atoms with Crippen molar-refractivity contribution in [2.24, 2.45) is 0 Å². The smallest absolute Gasteiger partial charge is 0.351 e. The summed E-state index contributed by atoms with van der Waals surface area (Å²) in [7, 11) is 0. The molecule has 1 N–H and O–H groups in total. The van der Waals surface area contributed by atoms with Crippen LogP contribution in [0.1, 0.15) is 12.7 Å². The molecule has 142 valence electrons. The highest BCUT2D eigenvalue weighted by molar-refractivity contribution is 8.02. The molecule has 0 aliphatic carbocycles. The van der Waals surface area contributed by atoms with Gasteiger partial charge in [-0.15, -0.1) is 11.8 Å². The van der Waals surface area contributed by atoms with Gasteiger partial charge in [-0.1, -0.05) is 35.5 Å². The van der Waals surface area contributed by atoms with Crippen molar-refractivity contribution in [2.75, 3.05) is 26.1 Å². The summed E-state index contributed by atoms with van der Waals surface area (Å²) >= 11 is 1.25. The SMILES string of the molecule is CCOCCOC(=O)/C(C#N)=C(\NCc1cc(-c2ccccc2)no1)SC. The number of ether oxygens (including phenoxy) is 2. The first-order valence-corrected chi connectivity index (χ1v) is 9.60. The predicted octanol–water partition coefficient (Wildman–Crippen LogP) is 3.11. The average Bonchev–Trinajstić information content (AvgIpc) is 3.18. The van der Waals surface area contributed by atoms with E-state index in [0.717, 1.165) is 11.3 Å². The summed E-state index contributed by atoms with van der Waals surface area (Å²) in [5, 5.41) is 16.8. The summed E-state index contributed by atoms with van der Waals surface area (Å²) in [4.78, 5) is 12.1. The quantitative estimate of drug-likeness (QED) is 0.287. The number of benzene rings is 1. The van der Waals surface area contributed by atoms with E-state index in [9.17, 15) is 10.1 Å². The maximum absolute atomic E-state index is 12.1. The second-order valence-corrected chi connectivity index (χ2v) is 6.07. The van der Waals surface area contributed by atoms with Gasteiger partial charge in [0.15, 0.2) is 11.3 Å². The van der Waals surface area contributed by atoms with E-state index < -0.39 is 5.97 Å². The highest BCUT2D eigenvalue weighted by Gasteiger charge is 2.17. The number of rotatable bonds is 10. The molecule has 1 heterocycles. The zero-order chi connectivity index (χ0) is 19.5. The number of nitrogens with one attached hydrogen (secondary N) is 1. The van der Waals surface area contributed by atoms with Gasteiger partial charge < -0.3 is 19.3 Å². The number of hydrogen-bond acceptors (Lipinski definition) is 8. The Kier molecular flexibility index (Phi) is 8.42. The van der Waals surface area contributed by atoms with Gasteiger partial charge in [-0.2, -0.15) is 5.26 Å². The van der Waals surface area contributed by atoms with Crippen molar-refractivity contribution in [3.05, 3.63) is 52.8 Å². The van der Waals surface area contributed by atoms with Crippen LogP contribution in [-0.4, -0.2) is 37.2 Å². The molecule has 2 rings (SSSR count). The molecule has 0 amide bonds. The van der Waals surface area contributed by atoms with Crippen molar-refractivity contribution in [2.45, 2.75) is 13.5 Å². The van der Waals surface area contributed by atoms with E-state index in [1.165, 1.54) is 11.8 Å². The van der Waals surface area contributed by atoms with Gasteiger partial charge >= 0.3 is 5.97 Å². The molecule has 8 heteroatoms. The van der Waals surface area contributed by atoms with E-state index in [4.69, 9.17) is 14.0 Å². The van der Waals surface area contributed by atoms with Crippen LogP contribution in [-0.2, 0) is 20.8 Å². The van der Waals surface area contributed by atoms with Gasteiger partial charge in [0.2, 0.25) is 0 Å². The van der Waals surface area contributed by atoms with E-state index >= 15 is 0 Å². The van der Waals surface area contributed by atoms with E-state index in [2.05, 4.69) is 10.5 Å². The van der Waals surface area contributed by atoms with Crippen LogP contribution in [0.3, 0.4) is 0 Å². The molecule has 0 aliphatic rings. The first-order chi connectivity index (χ1) is 13.2. The van der Waals surface area contributed by atoms with Gasteiger partial charge in [0.25, 0.3) is 0 Å². The topological polar surface area (TPSA) is 97.4 Å². The minimum Gasteiger partial charge on any atom is -0.459 e. The Bertz CT molecular complexity index is 812. The Morgan fingerprint density at radius 3 is 2.78 bits per heavy atom. The third-order valence-corrected chi connectivity index (χ3v) is 4.22. The van der Waals surface area contributed by atoms with Gasteiger partial charge in [0.1, 0.15) is 18.4 Å². The first kappa shape index (κ1) is 20.6. The fourth-order valence-electron chi connectivity index (χ4n) is 2.17. The lowest BCUT2D eigenvalue weighted by atomic mass is 10.1. The molecule has 2 aromatic rings. The van der Waals surface area contributed by atoms with E-state index in [-0.39, 0.29) is 18.7 Å². The van der Waals surface area contributed by atoms with Crippen molar-refractivity contribution in [1.82, 2.24) is 10.5 Å². The highest BCUT2D eigenvalue weighted by atomic mass is 32.2. The van der Waals surface area contributed by atoms with Gasteiger partial charge in [-0.25, -0.2) is 4.79 Å². The van der Waals surface area contributed by atoms with Crippen LogP contribution in [0.2, 0.25) is 0 Å². The zero-order valence-electron chi connectivity index (χ0n) is 15.2. The maximum atomic E-state index is 12.1. The number of hydrogen-bond donors (Lipinski definition) is 1. The van der Waals surface area contributed by atoms with Crippen LogP contribution < -0.4 is 5.32 Å². The van der Waals surface area contributed by atoms with Crippen molar-refractivity contribution < 1.29 is 18.8 Å². The van der Waals surface area contributed by atoms with Crippen molar-refractivity contribution in [3.8, 4) is 17.3 Å². The van der Waals surface area contributed by atoms with Gasteiger partial charge in [-0.05, 0) is 13.2 Å². The number of nitriles is 1. The Hall–Kier alpha value is -2.76. The first-order valence-electron chi connectivity index (χ1n) is 8.37. The van der Waals surface area contributed by atoms with Crippen LogP contribution >= 0.6 is 11.8 Å². The molecule has 0 spiro atoms. The lowest BCUT2D eigenvalue weighted by molar-refractivity contribution is -0.140. The summed E-state index contributed by atoms with van der Waals surface area (Å²) < 4.78 is 15.5. The van der Waals surface area contributed by atoms with Gasteiger partial charge in [0.05, 0.1) is 18.2 Å². The summed E-state index contributed by atoms with van der Waals surface area (Å²) in [6.45, 7) is 3.07. The van der Waals surface area contributed by atoms with Crippen LogP contribution in [0.4, 0.5) is 0 Å². The normalized spacial score (nSPS) is 11.4. The highest BCUT2D eigenvalue weighted by Crippen LogP contribution is 2.20. The van der Waals surface area contributed by atoms with Crippen LogP contribution in [0, 0.1) is 11.3 Å². The Labute approximate surface area is 162 Å². The standard InChI is InChI=1S/C19H21N3O4S/c1-3-24-9-10-25-19(23)16(12-20)18(27-2)21-13-15-11-17(22-26-15)14-7-5-4-6-8-14/h4-8,11,21H,3,9-10,13H2,1-2H3/b18-16+. The molecule has 0 saturated heterocycles. The molecule has 0 bridgehead atoms. The van der Waals surface area contributed by atoms with Gasteiger partial charge in [0, 0.05) is 18.2 Å². The molecule has 0 radical (unpaired) electrons. The molecule has 1 aromatic carbocycles. The molecule has 0 unspecified atom stereocenters. The number of esters is 1. The summed E-state index contributed by atoms with van der Waals surface area (Å²) in [6, 6.07) is 13.4. The lowest BCUT2D eigenvalue weighted by Crippen LogP contribution is -2.18. The Morgan fingerprint density at radius 2 is 2.11 bits per heavy atom. The number of thioether (sulfide) groups is 1. The van der Waals surface area contributed by atoms with E-state index in [1.54, 1.807) is 6.26 Å². The molecular formula is C19H21N3O4S. The molecule has 0 atom stereocenters. The number of carbonyl (C=O) groups excluding carboxylic acids is 1. The molecule has 27 heavy (non-hydrogen) atoms. The molecule has 0 saturated carbocycles.